The quantitative estimate of drug-likeness (QED) is 0.769. The molecular weight excluding hydrogens is 380 g/mol. The van der Waals surface area contributed by atoms with Crippen molar-refractivity contribution in [1.29, 1.82) is 0 Å². The van der Waals surface area contributed by atoms with Crippen LogP contribution < -0.4 is 10.1 Å². The lowest BCUT2D eigenvalue weighted by Crippen LogP contribution is -2.45. The van der Waals surface area contributed by atoms with Crippen molar-refractivity contribution in [3.05, 3.63) is 58.6 Å². The van der Waals surface area contributed by atoms with E-state index in [-0.39, 0.29) is 0 Å². The zero-order valence-electron chi connectivity index (χ0n) is 14.5. The minimum Gasteiger partial charge on any atom is -0.457 e. The SMILES string of the molecule is CC(O)(CCN1CCNCC1)c1ccccc1Oc1ccc(Br)cc1. The first kappa shape index (κ1) is 18.4. The third-order valence-corrected chi connectivity index (χ3v) is 5.16. The van der Waals surface area contributed by atoms with E-state index in [4.69, 9.17) is 4.74 Å². The van der Waals surface area contributed by atoms with Gasteiger partial charge >= 0.3 is 0 Å². The highest BCUT2D eigenvalue weighted by molar-refractivity contribution is 9.10. The molecule has 0 radical (unpaired) electrons. The molecule has 5 heteroatoms. The summed E-state index contributed by atoms with van der Waals surface area (Å²) in [5, 5.41) is 14.4. The minimum absolute atomic E-state index is 0.674. The summed E-state index contributed by atoms with van der Waals surface area (Å²) in [5.74, 6) is 1.46. The fraction of sp³-hybridized carbons (Fsp3) is 0.400. The van der Waals surface area contributed by atoms with E-state index in [0.717, 1.165) is 48.5 Å². The summed E-state index contributed by atoms with van der Waals surface area (Å²) >= 11 is 3.43. The lowest BCUT2D eigenvalue weighted by atomic mass is 9.91. The van der Waals surface area contributed by atoms with Crippen LogP contribution in [0.2, 0.25) is 0 Å². The number of benzene rings is 2. The molecule has 1 aliphatic rings. The molecule has 25 heavy (non-hydrogen) atoms. The van der Waals surface area contributed by atoms with E-state index < -0.39 is 5.60 Å². The van der Waals surface area contributed by atoms with Crippen LogP contribution in [0.15, 0.2) is 53.0 Å². The summed E-state index contributed by atoms with van der Waals surface area (Å²) in [6.45, 7) is 6.86. The van der Waals surface area contributed by atoms with Crippen molar-refractivity contribution in [3.63, 3.8) is 0 Å². The van der Waals surface area contributed by atoms with Crippen LogP contribution in [0.3, 0.4) is 0 Å². The summed E-state index contributed by atoms with van der Waals surface area (Å²) in [4.78, 5) is 2.39. The summed E-state index contributed by atoms with van der Waals surface area (Å²) in [5.41, 5.74) is -0.107. The van der Waals surface area contributed by atoms with Gasteiger partial charge in [0.25, 0.3) is 0 Å². The van der Waals surface area contributed by atoms with Crippen LogP contribution in [0, 0.1) is 0 Å². The van der Waals surface area contributed by atoms with E-state index in [1.54, 1.807) is 0 Å². The molecule has 0 bridgehead atoms. The third kappa shape index (κ3) is 5.05. The summed E-state index contributed by atoms with van der Waals surface area (Å²) < 4.78 is 7.05. The fourth-order valence-electron chi connectivity index (χ4n) is 3.08. The van der Waals surface area contributed by atoms with E-state index in [0.29, 0.717) is 12.2 Å². The number of ether oxygens (including phenoxy) is 1. The Morgan fingerprint density at radius 3 is 2.52 bits per heavy atom. The molecule has 2 N–H and O–H groups in total. The molecule has 0 saturated carbocycles. The van der Waals surface area contributed by atoms with Crippen LogP contribution in [0.1, 0.15) is 18.9 Å². The van der Waals surface area contributed by atoms with E-state index in [1.807, 2.05) is 55.5 Å². The maximum atomic E-state index is 11.1. The zero-order chi connectivity index (χ0) is 17.7. The van der Waals surface area contributed by atoms with Gasteiger partial charge in [0.1, 0.15) is 11.5 Å². The predicted octanol–water partition coefficient (Wildman–Crippen LogP) is 3.74. The van der Waals surface area contributed by atoms with Gasteiger partial charge in [0.2, 0.25) is 0 Å². The number of nitrogens with zero attached hydrogens (tertiary/aromatic N) is 1. The monoisotopic (exact) mass is 404 g/mol. The first-order valence-electron chi connectivity index (χ1n) is 8.73. The average Bonchev–Trinajstić information content (AvgIpc) is 2.63. The molecule has 2 aromatic rings. The van der Waals surface area contributed by atoms with Gasteiger partial charge in [0, 0.05) is 42.8 Å². The van der Waals surface area contributed by atoms with Crippen molar-refractivity contribution in [1.82, 2.24) is 10.2 Å². The first-order valence-corrected chi connectivity index (χ1v) is 9.52. The molecular formula is C20H25BrN2O2. The van der Waals surface area contributed by atoms with E-state index in [2.05, 4.69) is 26.1 Å². The van der Waals surface area contributed by atoms with Crippen molar-refractivity contribution < 1.29 is 9.84 Å². The Morgan fingerprint density at radius 1 is 1.12 bits per heavy atom. The largest absolute Gasteiger partial charge is 0.457 e. The van der Waals surface area contributed by atoms with Crippen LogP contribution in [0.5, 0.6) is 11.5 Å². The topological polar surface area (TPSA) is 44.7 Å². The molecule has 0 amide bonds. The maximum Gasteiger partial charge on any atom is 0.133 e. The second-order valence-electron chi connectivity index (χ2n) is 6.67. The van der Waals surface area contributed by atoms with Gasteiger partial charge in [-0.3, -0.25) is 0 Å². The van der Waals surface area contributed by atoms with Crippen molar-refractivity contribution in [3.8, 4) is 11.5 Å². The Bertz CT molecular complexity index is 682. The number of hydrogen-bond donors (Lipinski definition) is 2. The number of aliphatic hydroxyl groups is 1. The van der Waals surface area contributed by atoms with Crippen LogP contribution in [-0.4, -0.2) is 42.7 Å². The van der Waals surface area contributed by atoms with Crippen molar-refractivity contribution >= 4 is 15.9 Å². The Morgan fingerprint density at radius 2 is 1.80 bits per heavy atom. The van der Waals surface area contributed by atoms with Crippen LogP contribution in [-0.2, 0) is 5.60 Å². The number of halogens is 1. The van der Waals surface area contributed by atoms with Crippen molar-refractivity contribution in [2.45, 2.75) is 18.9 Å². The van der Waals surface area contributed by atoms with E-state index in [1.165, 1.54) is 0 Å². The second-order valence-corrected chi connectivity index (χ2v) is 7.58. The molecule has 1 aliphatic heterocycles. The Labute approximate surface area is 157 Å². The average molecular weight is 405 g/mol. The van der Waals surface area contributed by atoms with Crippen molar-refractivity contribution in [2.75, 3.05) is 32.7 Å². The smallest absolute Gasteiger partial charge is 0.133 e. The number of hydrogen-bond acceptors (Lipinski definition) is 4. The summed E-state index contributed by atoms with van der Waals surface area (Å²) in [6.07, 6.45) is 0.674. The molecule has 2 aromatic carbocycles. The van der Waals surface area contributed by atoms with Gasteiger partial charge in [-0.15, -0.1) is 0 Å². The molecule has 0 aromatic heterocycles. The molecule has 0 spiro atoms. The lowest BCUT2D eigenvalue weighted by molar-refractivity contribution is 0.0327. The normalized spacial score (nSPS) is 17.9. The predicted molar refractivity (Wildman–Crippen MR) is 104 cm³/mol. The minimum atomic E-state index is -0.934. The van der Waals surface area contributed by atoms with Crippen LogP contribution >= 0.6 is 15.9 Å². The van der Waals surface area contributed by atoms with Gasteiger partial charge < -0.3 is 20.1 Å². The van der Waals surface area contributed by atoms with Gasteiger partial charge in [-0.05, 0) is 43.7 Å². The number of rotatable bonds is 6. The molecule has 1 saturated heterocycles. The molecule has 1 atom stereocenters. The number of piperazine rings is 1. The van der Waals surface area contributed by atoms with Crippen LogP contribution in [0.25, 0.3) is 0 Å². The molecule has 3 rings (SSSR count). The van der Waals surface area contributed by atoms with E-state index >= 15 is 0 Å². The number of para-hydroxylation sites is 1. The standard InChI is InChI=1S/C20H25BrN2O2/c1-20(24,10-13-23-14-11-22-12-15-23)18-4-2-3-5-19(18)25-17-8-6-16(21)7-9-17/h2-9,22,24H,10-15H2,1H3. The van der Waals surface area contributed by atoms with E-state index in [9.17, 15) is 5.11 Å². The Balaban J connectivity index is 1.72. The molecule has 1 heterocycles. The molecule has 0 aliphatic carbocycles. The Hall–Kier alpha value is -1.40. The van der Waals surface area contributed by atoms with Gasteiger partial charge in [-0.1, -0.05) is 34.1 Å². The molecule has 134 valence electrons. The van der Waals surface area contributed by atoms with Crippen LogP contribution in [0.4, 0.5) is 0 Å². The zero-order valence-corrected chi connectivity index (χ0v) is 16.1. The second kappa shape index (κ2) is 8.32. The maximum absolute atomic E-state index is 11.1. The third-order valence-electron chi connectivity index (χ3n) is 4.63. The summed E-state index contributed by atoms with van der Waals surface area (Å²) in [7, 11) is 0. The highest BCUT2D eigenvalue weighted by atomic mass is 79.9. The molecule has 1 unspecified atom stereocenters. The van der Waals surface area contributed by atoms with Gasteiger partial charge in [0.05, 0.1) is 5.60 Å². The lowest BCUT2D eigenvalue weighted by Gasteiger charge is -2.32. The highest BCUT2D eigenvalue weighted by Crippen LogP contribution is 2.35. The molecule has 4 nitrogen and oxygen atoms in total. The van der Waals surface area contributed by atoms with Crippen molar-refractivity contribution in [2.24, 2.45) is 0 Å². The number of nitrogens with one attached hydrogen (secondary N) is 1. The molecule has 1 fully saturated rings. The highest BCUT2D eigenvalue weighted by Gasteiger charge is 2.28. The first-order chi connectivity index (χ1) is 12.0. The Kier molecular flexibility index (Phi) is 6.12. The van der Waals surface area contributed by atoms with Gasteiger partial charge in [0.15, 0.2) is 0 Å². The van der Waals surface area contributed by atoms with Gasteiger partial charge in [-0.2, -0.15) is 0 Å². The fourth-order valence-corrected chi connectivity index (χ4v) is 3.34. The van der Waals surface area contributed by atoms with Gasteiger partial charge in [-0.25, -0.2) is 0 Å². The summed E-state index contributed by atoms with van der Waals surface area (Å²) in [6, 6.07) is 15.5.